The average molecular weight is 371 g/mol. The molecule has 0 aromatic heterocycles. The Morgan fingerprint density at radius 1 is 1.00 bits per heavy atom. The van der Waals surface area contributed by atoms with Crippen molar-refractivity contribution in [2.45, 2.75) is 25.7 Å². The van der Waals surface area contributed by atoms with E-state index in [0.29, 0.717) is 16.4 Å². The molecular formula is C19H17NO5S. The number of hydroxylamine groups is 2. The highest BCUT2D eigenvalue weighted by molar-refractivity contribution is 7.86. The maximum Gasteiger partial charge on any atom is 0.289 e. The number of amides is 2. The fourth-order valence-corrected chi connectivity index (χ4v) is 6.26. The molecule has 2 aromatic rings. The van der Waals surface area contributed by atoms with E-state index in [4.69, 9.17) is 4.28 Å². The van der Waals surface area contributed by atoms with Crippen LogP contribution in [0, 0.1) is 11.3 Å². The predicted octanol–water partition coefficient (Wildman–Crippen LogP) is 2.89. The Bertz CT molecular complexity index is 1020. The Balaban J connectivity index is 1.49. The molecule has 2 amide bonds. The van der Waals surface area contributed by atoms with E-state index < -0.39 is 21.9 Å². The summed E-state index contributed by atoms with van der Waals surface area (Å²) in [6.45, 7) is 0. The number of carbonyl (C=O) groups is 2. The number of hydrogen-bond donors (Lipinski definition) is 0. The fourth-order valence-electron chi connectivity index (χ4n) is 4.61. The van der Waals surface area contributed by atoms with Gasteiger partial charge in [0.2, 0.25) is 0 Å². The van der Waals surface area contributed by atoms with Gasteiger partial charge in [0.15, 0.2) is 0 Å². The number of hydrogen-bond acceptors (Lipinski definition) is 5. The second kappa shape index (κ2) is 5.14. The van der Waals surface area contributed by atoms with Gasteiger partial charge in [-0.05, 0) is 54.5 Å². The zero-order valence-electron chi connectivity index (χ0n) is 14.0. The first kappa shape index (κ1) is 16.0. The van der Waals surface area contributed by atoms with Gasteiger partial charge in [0.05, 0.1) is 16.9 Å². The van der Waals surface area contributed by atoms with Gasteiger partial charge in [-0.1, -0.05) is 24.3 Å². The van der Waals surface area contributed by atoms with Gasteiger partial charge in [-0.3, -0.25) is 9.59 Å². The summed E-state index contributed by atoms with van der Waals surface area (Å²) in [5.74, 6) is -1.17. The number of imide groups is 1. The molecule has 2 aromatic carbocycles. The van der Waals surface area contributed by atoms with Crippen molar-refractivity contribution in [3.8, 4) is 0 Å². The van der Waals surface area contributed by atoms with Crippen molar-refractivity contribution in [1.29, 1.82) is 0 Å². The first-order valence-corrected chi connectivity index (χ1v) is 10.3. The minimum absolute atomic E-state index is 0.131. The summed E-state index contributed by atoms with van der Waals surface area (Å²) in [4.78, 5) is 25.5. The summed E-state index contributed by atoms with van der Waals surface area (Å²) >= 11 is 0. The molecular weight excluding hydrogens is 354 g/mol. The molecule has 0 radical (unpaired) electrons. The van der Waals surface area contributed by atoms with Gasteiger partial charge >= 0.3 is 0 Å². The number of nitrogens with zero attached hydrogens (tertiary/aromatic N) is 1. The molecule has 134 valence electrons. The first-order valence-electron chi connectivity index (χ1n) is 8.73. The van der Waals surface area contributed by atoms with Gasteiger partial charge < -0.3 is 0 Å². The summed E-state index contributed by atoms with van der Waals surface area (Å²) < 4.78 is 30.2. The third-order valence-corrected chi connectivity index (χ3v) is 7.54. The molecule has 2 aliphatic carbocycles. The molecule has 5 rings (SSSR count). The zero-order chi connectivity index (χ0) is 18.1. The Morgan fingerprint density at radius 2 is 1.58 bits per heavy atom. The molecule has 7 heteroatoms. The highest BCUT2D eigenvalue weighted by Crippen LogP contribution is 2.61. The molecule has 3 aliphatic rings. The average Bonchev–Trinajstić information content (AvgIpc) is 2.62. The van der Waals surface area contributed by atoms with Crippen LogP contribution in [0.3, 0.4) is 0 Å². The van der Waals surface area contributed by atoms with Crippen molar-refractivity contribution in [3.05, 3.63) is 47.5 Å². The number of fused-ring (bicyclic) bond motifs is 1. The lowest BCUT2D eigenvalue weighted by molar-refractivity contribution is -0.0592. The molecule has 0 atom stereocenters. The van der Waals surface area contributed by atoms with Gasteiger partial charge in [-0.25, -0.2) is 0 Å². The maximum atomic E-state index is 12.7. The lowest BCUT2D eigenvalue weighted by Crippen LogP contribution is -2.54. The lowest BCUT2D eigenvalue weighted by atomic mass is 9.49. The van der Waals surface area contributed by atoms with E-state index in [2.05, 4.69) is 0 Å². The van der Waals surface area contributed by atoms with E-state index in [1.54, 1.807) is 24.3 Å². The summed E-state index contributed by atoms with van der Waals surface area (Å²) in [7, 11) is -4.03. The molecule has 2 saturated carbocycles. The highest BCUT2D eigenvalue weighted by atomic mass is 32.2. The molecule has 1 heterocycles. The number of rotatable bonds is 4. The molecule has 0 spiro atoms. The van der Waals surface area contributed by atoms with Gasteiger partial charge in [-0.2, -0.15) is 8.42 Å². The highest BCUT2D eigenvalue weighted by Gasteiger charge is 2.56. The van der Waals surface area contributed by atoms with Crippen LogP contribution in [-0.2, 0) is 14.4 Å². The lowest BCUT2D eigenvalue weighted by Gasteiger charge is -2.58. The van der Waals surface area contributed by atoms with Gasteiger partial charge in [0, 0.05) is 5.39 Å². The molecule has 0 saturated heterocycles. The minimum Gasteiger partial charge on any atom is -0.266 e. The Labute approximate surface area is 150 Å². The molecule has 2 fully saturated rings. The van der Waals surface area contributed by atoms with Crippen LogP contribution >= 0.6 is 0 Å². The Morgan fingerprint density at radius 3 is 2.04 bits per heavy atom. The monoisotopic (exact) mass is 371 g/mol. The maximum absolute atomic E-state index is 12.7. The van der Waals surface area contributed by atoms with Crippen LogP contribution in [0.2, 0.25) is 0 Å². The van der Waals surface area contributed by atoms with Crippen molar-refractivity contribution >= 4 is 32.7 Å². The van der Waals surface area contributed by atoms with Crippen molar-refractivity contribution < 1.29 is 22.3 Å². The van der Waals surface area contributed by atoms with Gasteiger partial charge in [0.1, 0.15) is 0 Å². The minimum atomic E-state index is -4.03. The SMILES string of the molecule is O=C1c2cccc3cccc(c23)C(=O)N1OS(=O)(=O)CC12CCC1CC2. The van der Waals surface area contributed by atoms with E-state index in [0.717, 1.165) is 31.1 Å². The number of carbonyl (C=O) groups excluding carboxylic acids is 2. The van der Waals surface area contributed by atoms with Crippen LogP contribution in [0.5, 0.6) is 0 Å². The second-order valence-corrected chi connectivity index (χ2v) is 9.08. The summed E-state index contributed by atoms with van der Waals surface area (Å²) in [5, 5.41) is 1.71. The van der Waals surface area contributed by atoms with Crippen LogP contribution in [0.1, 0.15) is 46.4 Å². The summed E-state index contributed by atoms with van der Waals surface area (Å²) in [5.41, 5.74) is 0.339. The van der Waals surface area contributed by atoms with Crippen molar-refractivity contribution in [1.82, 2.24) is 5.06 Å². The molecule has 1 aliphatic heterocycles. The number of benzene rings is 2. The van der Waals surface area contributed by atoms with Crippen molar-refractivity contribution in [2.24, 2.45) is 11.3 Å². The molecule has 6 nitrogen and oxygen atoms in total. The zero-order valence-corrected chi connectivity index (χ0v) is 14.8. The van der Waals surface area contributed by atoms with E-state index in [-0.39, 0.29) is 22.3 Å². The van der Waals surface area contributed by atoms with E-state index in [9.17, 15) is 18.0 Å². The third-order valence-electron chi connectivity index (χ3n) is 6.23. The Hall–Kier alpha value is -2.25. The van der Waals surface area contributed by atoms with E-state index in [1.165, 1.54) is 0 Å². The van der Waals surface area contributed by atoms with Crippen LogP contribution in [0.4, 0.5) is 0 Å². The largest absolute Gasteiger partial charge is 0.289 e. The predicted molar refractivity (Wildman–Crippen MR) is 93.7 cm³/mol. The van der Waals surface area contributed by atoms with Crippen LogP contribution in [0.25, 0.3) is 10.8 Å². The molecule has 26 heavy (non-hydrogen) atoms. The molecule has 0 N–H and O–H groups in total. The summed E-state index contributed by atoms with van der Waals surface area (Å²) in [6.07, 6.45) is 3.83. The normalized spacial score (nSPS) is 27.1. The quantitative estimate of drug-likeness (QED) is 0.772. The summed E-state index contributed by atoms with van der Waals surface area (Å²) in [6, 6.07) is 10.2. The van der Waals surface area contributed by atoms with Crippen LogP contribution in [0.15, 0.2) is 36.4 Å². The first-order chi connectivity index (χ1) is 12.4. The van der Waals surface area contributed by atoms with Gasteiger partial charge in [0.25, 0.3) is 21.9 Å². The second-order valence-electron chi connectivity index (χ2n) is 7.53. The smallest absolute Gasteiger partial charge is 0.266 e. The van der Waals surface area contributed by atoms with Gasteiger partial charge in [-0.15, -0.1) is 9.35 Å². The Kier molecular flexibility index (Phi) is 3.16. The van der Waals surface area contributed by atoms with E-state index in [1.807, 2.05) is 12.1 Å². The molecule has 0 bridgehead atoms. The van der Waals surface area contributed by atoms with Crippen molar-refractivity contribution in [3.63, 3.8) is 0 Å². The third kappa shape index (κ3) is 2.10. The fraction of sp³-hybridized carbons (Fsp3) is 0.368. The van der Waals surface area contributed by atoms with Crippen LogP contribution in [-0.4, -0.2) is 31.0 Å². The molecule has 0 unspecified atom stereocenters. The van der Waals surface area contributed by atoms with E-state index >= 15 is 0 Å². The van der Waals surface area contributed by atoms with Crippen LogP contribution < -0.4 is 0 Å². The standard InChI is InChI=1S/C19H17NO5S/c21-17-14-5-1-3-12-4-2-6-15(16(12)14)18(22)20(17)25-26(23,24)11-19-9-7-13(19)8-10-19/h1-6,13H,7-11H2. The van der Waals surface area contributed by atoms with Crippen molar-refractivity contribution in [2.75, 3.05) is 5.75 Å². The topological polar surface area (TPSA) is 80.8 Å².